The number of hydrogen-bond acceptors (Lipinski definition) is 5. The molecule has 2 aromatic heterocycles. The number of aromatic nitrogens is 3. The predicted molar refractivity (Wildman–Crippen MR) is 70.2 cm³/mol. The molecule has 2 amide bonds. The van der Waals surface area contributed by atoms with Gasteiger partial charge in [-0.05, 0) is 19.1 Å². The van der Waals surface area contributed by atoms with Gasteiger partial charge in [-0.1, -0.05) is 5.21 Å². The minimum atomic E-state index is -1.01. The lowest BCUT2D eigenvalue weighted by Crippen LogP contribution is -2.34. The highest BCUT2D eigenvalue weighted by molar-refractivity contribution is 5.73. The highest BCUT2D eigenvalue weighted by atomic mass is 16.4. The summed E-state index contributed by atoms with van der Waals surface area (Å²) in [5, 5.41) is 21.2. The van der Waals surface area contributed by atoms with E-state index < -0.39 is 5.97 Å². The van der Waals surface area contributed by atoms with Crippen LogP contribution in [0.15, 0.2) is 22.7 Å². The molecule has 0 radical (unpaired) electrons. The normalized spacial score (nSPS) is 10.3. The lowest BCUT2D eigenvalue weighted by atomic mass is 10.4. The van der Waals surface area contributed by atoms with Crippen molar-refractivity contribution in [3.63, 3.8) is 0 Å². The first kappa shape index (κ1) is 14.6. The van der Waals surface area contributed by atoms with Crippen molar-refractivity contribution in [3.05, 3.63) is 35.5 Å². The van der Waals surface area contributed by atoms with Crippen LogP contribution in [0.5, 0.6) is 0 Å². The molecule has 0 unspecified atom stereocenters. The van der Waals surface area contributed by atoms with Crippen molar-refractivity contribution in [2.75, 3.05) is 0 Å². The molecule has 112 valence electrons. The van der Waals surface area contributed by atoms with Crippen LogP contribution in [-0.2, 0) is 24.4 Å². The smallest absolute Gasteiger partial charge is 0.325 e. The molecule has 0 aliphatic rings. The van der Waals surface area contributed by atoms with Crippen LogP contribution in [0.1, 0.15) is 17.2 Å². The first-order chi connectivity index (χ1) is 10.0. The Balaban J connectivity index is 1.73. The number of aryl methyl sites for hydroxylation is 1. The molecule has 9 nitrogen and oxygen atoms in total. The van der Waals surface area contributed by atoms with E-state index in [0.29, 0.717) is 11.5 Å². The summed E-state index contributed by atoms with van der Waals surface area (Å²) >= 11 is 0. The molecular weight excluding hydrogens is 278 g/mol. The third-order valence-corrected chi connectivity index (χ3v) is 2.53. The maximum atomic E-state index is 11.6. The Kier molecular flexibility index (Phi) is 4.54. The Bertz CT molecular complexity index is 633. The van der Waals surface area contributed by atoms with Gasteiger partial charge in [-0.3, -0.25) is 4.79 Å². The van der Waals surface area contributed by atoms with Gasteiger partial charge < -0.3 is 20.2 Å². The highest BCUT2D eigenvalue weighted by Crippen LogP contribution is 2.05. The average Bonchev–Trinajstić information content (AvgIpc) is 3.02. The highest BCUT2D eigenvalue weighted by Gasteiger charge is 2.07. The molecular formula is C12H15N5O4. The monoisotopic (exact) mass is 293 g/mol. The topological polar surface area (TPSA) is 122 Å². The van der Waals surface area contributed by atoms with Gasteiger partial charge in [0.25, 0.3) is 0 Å². The van der Waals surface area contributed by atoms with Crippen LogP contribution < -0.4 is 10.6 Å². The van der Waals surface area contributed by atoms with Gasteiger partial charge in [-0.25, -0.2) is 9.48 Å². The molecule has 0 aromatic carbocycles. The molecule has 2 heterocycles. The van der Waals surface area contributed by atoms with Gasteiger partial charge in [0.1, 0.15) is 23.8 Å². The predicted octanol–water partition coefficient (Wildman–Crippen LogP) is 0.264. The molecule has 2 rings (SSSR count). The van der Waals surface area contributed by atoms with Crippen LogP contribution in [0, 0.1) is 6.92 Å². The number of carboxylic acid groups (broad SMARTS) is 1. The molecule has 0 spiro atoms. The number of nitrogens with zero attached hydrogens (tertiary/aromatic N) is 3. The van der Waals surface area contributed by atoms with Gasteiger partial charge in [0.05, 0.1) is 19.3 Å². The van der Waals surface area contributed by atoms with Crippen molar-refractivity contribution >= 4 is 12.0 Å². The summed E-state index contributed by atoms with van der Waals surface area (Å²) in [5.41, 5.74) is 0.472. The van der Waals surface area contributed by atoms with Crippen molar-refractivity contribution in [2.45, 2.75) is 26.6 Å². The Labute approximate surface area is 119 Å². The number of carbonyl (C=O) groups excluding carboxylic acids is 1. The Hall–Kier alpha value is -2.84. The quantitative estimate of drug-likeness (QED) is 0.702. The Morgan fingerprint density at radius 1 is 1.33 bits per heavy atom. The zero-order valence-corrected chi connectivity index (χ0v) is 11.4. The van der Waals surface area contributed by atoms with E-state index in [1.807, 2.05) is 13.0 Å². The molecule has 0 bridgehead atoms. The van der Waals surface area contributed by atoms with Crippen molar-refractivity contribution < 1.29 is 19.1 Å². The molecule has 0 saturated carbocycles. The minimum absolute atomic E-state index is 0.155. The van der Waals surface area contributed by atoms with Crippen molar-refractivity contribution in [2.24, 2.45) is 0 Å². The first-order valence-corrected chi connectivity index (χ1v) is 6.21. The summed E-state index contributed by atoms with van der Waals surface area (Å²) in [4.78, 5) is 22.1. The van der Waals surface area contributed by atoms with E-state index in [9.17, 15) is 9.59 Å². The lowest BCUT2D eigenvalue weighted by Gasteiger charge is -2.04. The van der Waals surface area contributed by atoms with E-state index in [1.165, 1.54) is 10.9 Å². The maximum Gasteiger partial charge on any atom is 0.325 e. The fourth-order valence-corrected chi connectivity index (χ4v) is 1.62. The number of aliphatic carboxylic acids is 1. The van der Waals surface area contributed by atoms with Crippen molar-refractivity contribution in [1.29, 1.82) is 0 Å². The summed E-state index contributed by atoms with van der Waals surface area (Å²) in [6.07, 6.45) is 1.46. The molecule has 0 fully saturated rings. The van der Waals surface area contributed by atoms with E-state index in [0.717, 1.165) is 5.76 Å². The molecule has 0 atom stereocenters. The minimum Gasteiger partial charge on any atom is -0.480 e. The Morgan fingerprint density at radius 2 is 2.10 bits per heavy atom. The second-order valence-electron chi connectivity index (χ2n) is 4.35. The van der Waals surface area contributed by atoms with Crippen LogP contribution in [-0.4, -0.2) is 32.1 Å². The number of furan rings is 1. The van der Waals surface area contributed by atoms with Gasteiger partial charge in [0.2, 0.25) is 0 Å². The summed E-state index contributed by atoms with van der Waals surface area (Å²) < 4.78 is 6.50. The van der Waals surface area contributed by atoms with E-state index in [1.54, 1.807) is 6.07 Å². The largest absolute Gasteiger partial charge is 0.480 e. The Morgan fingerprint density at radius 3 is 2.76 bits per heavy atom. The van der Waals surface area contributed by atoms with Crippen LogP contribution in [0.2, 0.25) is 0 Å². The molecule has 0 saturated heterocycles. The fourth-order valence-electron chi connectivity index (χ4n) is 1.62. The summed E-state index contributed by atoms with van der Waals surface area (Å²) in [5.74, 6) is 0.434. The van der Waals surface area contributed by atoms with Gasteiger partial charge >= 0.3 is 12.0 Å². The fraction of sp³-hybridized carbons (Fsp3) is 0.333. The summed E-state index contributed by atoms with van der Waals surface area (Å²) in [7, 11) is 0. The maximum absolute atomic E-state index is 11.6. The molecule has 9 heteroatoms. The number of carbonyl (C=O) groups is 2. The van der Waals surface area contributed by atoms with E-state index in [2.05, 4.69) is 20.9 Å². The van der Waals surface area contributed by atoms with Gasteiger partial charge in [-0.2, -0.15) is 0 Å². The third kappa shape index (κ3) is 4.64. The lowest BCUT2D eigenvalue weighted by molar-refractivity contribution is -0.137. The van der Waals surface area contributed by atoms with Gasteiger partial charge in [0, 0.05) is 0 Å². The van der Waals surface area contributed by atoms with E-state index in [4.69, 9.17) is 9.52 Å². The molecule has 3 N–H and O–H groups in total. The number of urea groups is 1. The van der Waals surface area contributed by atoms with E-state index in [-0.39, 0.29) is 25.7 Å². The van der Waals surface area contributed by atoms with E-state index >= 15 is 0 Å². The van der Waals surface area contributed by atoms with Crippen LogP contribution in [0.4, 0.5) is 4.79 Å². The number of amides is 2. The van der Waals surface area contributed by atoms with Gasteiger partial charge in [0.15, 0.2) is 0 Å². The zero-order valence-electron chi connectivity index (χ0n) is 11.4. The van der Waals surface area contributed by atoms with Crippen LogP contribution in [0.3, 0.4) is 0 Å². The summed E-state index contributed by atoms with van der Waals surface area (Å²) in [6, 6.07) is 3.22. The molecule has 0 aliphatic heterocycles. The average molecular weight is 293 g/mol. The van der Waals surface area contributed by atoms with Crippen molar-refractivity contribution in [3.8, 4) is 0 Å². The second-order valence-corrected chi connectivity index (χ2v) is 4.35. The molecule has 0 aliphatic carbocycles. The molecule has 21 heavy (non-hydrogen) atoms. The third-order valence-electron chi connectivity index (χ3n) is 2.53. The second kappa shape index (κ2) is 6.55. The first-order valence-electron chi connectivity index (χ1n) is 6.21. The van der Waals surface area contributed by atoms with Crippen LogP contribution in [0.25, 0.3) is 0 Å². The SMILES string of the molecule is Cc1ccc(CNC(=O)NCc2cn(CC(=O)O)nn2)o1. The van der Waals surface area contributed by atoms with Crippen LogP contribution >= 0.6 is 0 Å². The standard InChI is InChI=1S/C12H15N5O4/c1-8-2-3-10(21-8)5-14-12(20)13-4-9-6-17(16-15-9)7-11(18)19/h2-3,6H,4-5,7H2,1H3,(H,18,19)(H2,13,14,20). The number of carboxylic acids is 1. The molecule has 2 aromatic rings. The zero-order chi connectivity index (χ0) is 15.2. The van der Waals surface area contributed by atoms with Gasteiger partial charge in [-0.15, -0.1) is 5.10 Å². The number of rotatable bonds is 6. The number of hydrogen-bond donors (Lipinski definition) is 3. The van der Waals surface area contributed by atoms with Crippen molar-refractivity contribution in [1.82, 2.24) is 25.6 Å². The summed E-state index contributed by atoms with van der Waals surface area (Å²) in [6.45, 7) is 2.00. The number of nitrogens with one attached hydrogen (secondary N) is 2.